The number of hydrogen-bond donors (Lipinski definition) is 1. The number of nitrogens with one attached hydrogen (secondary N) is 1. The van der Waals surface area contributed by atoms with Crippen molar-refractivity contribution in [2.45, 2.75) is 39.5 Å². The first-order valence-electron chi connectivity index (χ1n) is 6.25. The molecule has 0 bridgehead atoms. The predicted molar refractivity (Wildman–Crippen MR) is 74.1 cm³/mol. The second-order valence-electron chi connectivity index (χ2n) is 5.11. The minimum Gasteiger partial charge on any atom is -0.350 e. The summed E-state index contributed by atoms with van der Waals surface area (Å²) in [4.78, 5) is 12.1. The number of rotatable bonds is 5. The Hall–Kier alpha value is -1.03. The van der Waals surface area contributed by atoms with Crippen LogP contribution < -0.4 is 5.32 Å². The predicted octanol–water partition coefficient (Wildman–Crippen LogP) is 2.42. The average molecular weight is 272 g/mol. The topological polar surface area (TPSA) is 46.9 Å². The molecule has 102 valence electrons. The average Bonchev–Trinajstić information content (AvgIpc) is 2.49. The third-order valence-corrected chi connectivity index (χ3v) is 3.28. The van der Waals surface area contributed by atoms with Gasteiger partial charge in [-0.3, -0.25) is 9.48 Å². The SMILES string of the molecule is Cc1nn(C)c(C)c1C(=O)NCC(Cl)CC(C)C. The molecule has 1 atom stereocenters. The fraction of sp³-hybridized carbons (Fsp3) is 0.692. The Kier molecular flexibility index (Phi) is 5.20. The zero-order valence-corrected chi connectivity index (χ0v) is 12.5. The third-order valence-electron chi connectivity index (χ3n) is 2.95. The molecule has 1 rings (SSSR count). The first-order chi connectivity index (χ1) is 8.32. The fourth-order valence-electron chi connectivity index (χ4n) is 1.99. The van der Waals surface area contributed by atoms with Crippen LogP contribution in [-0.4, -0.2) is 27.6 Å². The van der Waals surface area contributed by atoms with Crippen LogP contribution in [0.4, 0.5) is 0 Å². The molecule has 1 heterocycles. The van der Waals surface area contributed by atoms with Crippen molar-refractivity contribution in [3.05, 3.63) is 17.0 Å². The van der Waals surface area contributed by atoms with Gasteiger partial charge in [0.05, 0.1) is 16.6 Å². The van der Waals surface area contributed by atoms with Gasteiger partial charge in [-0.1, -0.05) is 13.8 Å². The summed E-state index contributed by atoms with van der Waals surface area (Å²) < 4.78 is 1.72. The lowest BCUT2D eigenvalue weighted by Crippen LogP contribution is -2.31. The molecule has 0 aliphatic heterocycles. The van der Waals surface area contributed by atoms with E-state index in [0.717, 1.165) is 17.8 Å². The molecule has 0 aliphatic carbocycles. The normalized spacial score (nSPS) is 12.8. The second-order valence-corrected chi connectivity index (χ2v) is 5.72. The van der Waals surface area contributed by atoms with Gasteiger partial charge in [-0.15, -0.1) is 11.6 Å². The Balaban J connectivity index is 2.61. The van der Waals surface area contributed by atoms with Crippen molar-refractivity contribution in [3.8, 4) is 0 Å². The molecule has 0 saturated carbocycles. The summed E-state index contributed by atoms with van der Waals surface area (Å²) in [6.07, 6.45) is 0.896. The highest BCUT2D eigenvalue weighted by Crippen LogP contribution is 2.13. The molecule has 0 saturated heterocycles. The number of alkyl halides is 1. The smallest absolute Gasteiger partial charge is 0.255 e. The number of aryl methyl sites for hydroxylation is 2. The molecule has 0 aliphatic rings. The van der Waals surface area contributed by atoms with Gasteiger partial charge in [0.15, 0.2) is 0 Å². The number of halogens is 1. The van der Waals surface area contributed by atoms with Gasteiger partial charge in [-0.2, -0.15) is 5.10 Å². The largest absolute Gasteiger partial charge is 0.350 e. The highest BCUT2D eigenvalue weighted by atomic mass is 35.5. The van der Waals surface area contributed by atoms with Crippen molar-refractivity contribution < 1.29 is 4.79 Å². The van der Waals surface area contributed by atoms with Crippen molar-refractivity contribution in [2.24, 2.45) is 13.0 Å². The Morgan fingerprint density at radius 2 is 2.06 bits per heavy atom. The van der Waals surface area contributed by atoms with Crippen molar-refractivity contribution in [1.82, 2.24) is 15.1 Å². The summed E-state index contributed by atoms with van der Waals surface area (Å²) in [7, 11) is 1.84. The summed E-state index contributed by atoms with van der Waals surface area (Å²) in [6.45, 7) is 8.46. The minimum absolute atomic E-state index is 0.0220. The number of hydrogen-bond acceptors (Lipinski definition) is 2. The van der Waals surface area contributed by atoms with Crippen LogP contribution in [0, 0.1) is 19.8 Å². The number of carbonyl (C=O) groups excluding carboxylic acids is 1. The second kappa shape index (κ2) is 6.23. The molecular weight excluding hydrogens is 250 g/mol. The van der Waals surface area contributed by atoms with E-state index in [2.05, 4.69) is 24.3 Å². The van der Waals surface area contributed by atoms with Crippen LogP contribution in [0.15, 0.2) is 0 Å². The first kappa shape index (κ1) is 15.0. The highest BCUT2D eigenvalue weighted by molar-refractivity contribution is 6.21. The van der Waals surface area contributed by atoms with Crippen LogP contribution in [-0.2, 0) is 7.05 Å². The molecule has 0 radical (unpaired) electrons. The molecule has 18 heavy (non-hydrogen) atoms. The van der Waals surface area contributed by atoms with Gasteiger partial charge in [0.1, 0.15) is 0 Å². The van der Waals surface area contributed by atoms with E-state index in [1.54, 1.807) is 4.68 Å². The van der Waals surface area contributed by atoms with Crippen molar-refractivity contribution >= 4 is 17.5 Å². The molecule has 1 unspecified atom stereocenters. The number of aromatic nitrogens is 2. The first-order valence-corrected chi connectivity index (χ1v) is 6.69. The van der Waals surface area contributed by atoms with E-state index in [1.165, 1.54) is 0 Å². The van der Waals surface area contributed by atoms with Crippen molar-refractivity contribution in [1.29, 1.82) is 0 Å². The molecule has 5 heteroatoms. The molecule has 1 N–H and O–H groups in total. The third kappa shape index (κ3) is 3.73. The summed E-state index contributed by atoms with van der Waals surface area (Å²) in [5.74, 6) is 0.443. The Morgan fingerprint density at radius 3 is 2.50 bits per heavy atom. The van der Waals surface area contributed by atoms with Crippen LogP contribution in [0.25, 0.3) is 0 Å². The van der Waals surface area contributed by atoms with Gasteiger partial charge in [0.2, 0.25) is 0 Å². The van der Waals surface area contributed by atoms with E-state index >= 15 is 0 Å². The summed E-state index contributed by atoms with van der Waals surface area (Å²) in [5.41, 5.74) is 2.29. The van der Waals surface area contributed by atoms with Gasteiger partial charge in [0.25, 0.3) is 5.91 Å². The summed E-state index contributed by atoms with van der Waals surface area (Å²) in [5, 5.41) is 7.08. The maximum absolute atomic E-state index is 12.1. The van der Waals surface area contributed by atoms with Gasteiger partial charge in [-0.05, 0) is 26.2 Å². The van der Waals surface area contributed by atoms with Crippen LogP contribution in [0.5, 0.6) is 0 Å². The van der Waals surface area contributed by atoms with Crippen LogP contribution in [0.3, 0.4) is 0 Å². The molecular formula is C13H22ClN3O. The maximum atomic E-state index is 12.1. The Morgan fingerprint density at radius 1 is 1.44 bits per heavy atom. The van der Waals surface area contributed by atoms with E-state index in [-0.39, 0.29) is 11.3 Å². The standard InChI is InChI=1S/C13H22ClN3O/c1-8(2)6-11(14)7-15-13(18)12-9(3)16-17(5)10(12)4/h8,11H,6-7H2,1-5H3,(H,15,18). The van der Waals surface area contributed by atoms with E-state index < -0.39 is 0 Å². The lowest BCUT2D eigenvalue weighted by Gasteiger charge is -2.13. The lowest BCUT2D eigenvalue weighted by molar-refractivity contribution is 0.0951. The molecule has 0 aromatic carbocycles. The van der Waals surface area contributed by atoms with Crippen molar-refractivity contribution in [2.75, 3.05) is 6.54 Å². The Bertz CT molecular complexity index is 426. The van der Waals surface area contributed by atoms with E-state index in [9.17, 15) is 4.79 Å². The summed E-state index contributed by atoms with van der Waals surface area (Å²) in [6, 6.07) is 0. The quantitative estimate of drug-likeness (QED) is 0.836. The fourth-order valence-corrected chi connectivity index (χ4v) is 2.42. The molecule has 1 aromatic heterocycles. The molecule has 0 fully saturated rings. The maximum Gasteiger partial charge on any atom is 0.255 e. The van der Waals surface area contributed by atoms with Crippen molar-refractivity contribution in [3.63, 3.8) is 0 Å². The number of amides is 1. The number of nitrogens with zero attached hydrogens (tertiary/aromatic N) is 2. The van der Waals surface area contributed by atoms with Gasteiger partial charge in [0, 0.05) is 19.3 Å². The molecule has 1 amide bonds. The van der Waals surface area contributed by atoms with Crippen LogP contribution >= 0.6 is 11.6 Å². The van der Waals surface area contributed by atoms with Crippen LogP contribution in [0.2, 0.25) is 0 Å². The number of carbonyl (C=O) groups is 1. The van der Waals surface area contributed by atoms with E-state index in [1.807, 2.05) is 20.9 Å². The molecule has 4 nitrogen and oxygen atoms in total. The van der Waals surface area contributed by atoms with Gasteiger partial charge >= 0.3 is 0 Å². The minimum atomic E-state index is -0.0903. The molecule has 1 aromatic rings. The lowest BCUT2D eigenvalue weighted by atomic mass is 10.1. The van der Waals surface area contributed by atoms with E-state index in [0.29, 0.717) is 18.0 Å². The van der Waals surface area contributed by atoms with Gasteiger partial charge in [-0.25, -0.2) is 0 Å². The summed E-state index contributed by atoms with van der Waals surface area (Å²) >= 11 is 6.16. The zero-order valence-electron chi connectivity index (χ0n) is 11.7. The Labute approximate surface area is 114 Å². The van der Waals surface area contributed by atoms with Crippen LogP contribution in [0.1, 0.15) is 42.0 Å². The monoisotopic (exact) mass is 271 g/mol. The molecule has 0 spiro atoms. The highest BCUT2D eigenvalue weighted by Gasteiger charge is 2.18. The van der Waals surface area contributed by atoms with E-state index in [4.69, 9.17) is 11.6 Å². The van der Waals surface area contributed by atoms with Gasteiger partial charge < -0.3 is 5.32 Å². The zero-order chi connectivity index (χ0) is 13.9.